The maximum absolute atomic E-state index is 13.1. The number of nitrogens with zero attached hydrogens (tertiary/aromatic N) is 4. The molecule has 0 saturated carbocycles. The predicted molar refractivity (Wildman–Crippen MR) is 108 cm³/mol. The summed E-state index contributed by atoms with van der Waals surface area (Å²) < 4.78 is 41.6. The molecule has 3 rings (SSSR count). The number of amides is 2. The van der Waals surface area contributed by atoms with Crippen LogP contribution < -0.4 is 0 Å². The Morgan fingerprint density at radius 1 is 1.13 bits per heavy atom. The maximum atomic E-state index is 13.1. The number of hydrogen-bond donors (Lipinski definition) is 1. The molecule has 9 nitrogen and oxygen atoms in total. The highest BCUT2D eigenvalue weighted by molar-refractivity contribution is 7.86. The van der Waals surface area contributed by atoms with Crippen LogP contribution in [0.3, 0.4) is 0 Å². The Kier molecular flexibility index (Phi) is 6.44. The molecular weight excluding hydrogens is 415 g/mol. The first-order valence-electron chi connectivity index (χ1n) is 9.52. The number of hydrogen-bond acceptors (Lipinski definition) is 4. The highest BCUT2D eigenvalue weighted by Gasteiger charge is 2.43. The van der Waals surface area contributed by atoms with Gasteiger partial charge in [-0.3, -0.25) is 4.79 Å². The molecule has 30 heavy (non-hydrogen) atoms. The van der Waals surface area contributed by atoms with Crippen LogP contribution in [0, 0.1) is 5.82 Å². The minimum atomic E-state index is -4.03. The molecule has 11 heteroatoms. The van der Waals surface area contributed by atoms with E-state index in [9.17, 15) is 27.5 Å². The number of carboxylic acids is 1. The van der Waals surface area contributed by atoms with E-state index in [1.54, 1.807) is 32.3 Å². The zero-order valence-corrected chi connectivity index (χ0v) is 17.7. The Bertz CT molecular complexity index is 948. The molecular formula is C19H25FN4O5S. The molecule has 1 saturated heterocycles. The van der Waals surface area contributed by atoms with Crippen molar-refractivity contribution in [2.24, 2.45) is 0 Å². The number of aliphatic carboxylic acids is 1. The summed E-state index contributed by atoms with van der Waals surface area (Å²) in [6.45, 7) is 0.0947. The lowest BCUT2D eigenvalue weighted by molar-refractivity contribution is -0.143. The van der Waals surface area contributed by atoms with E-state index in [0.29, 0.717) is 6.42 Å². The van der Waals surface area contributed by atoms with E-state index >= 15 is 0 Å². The van der Waals surface area contributed by atoms with Gasteiger partial charge in [0.25, 0.3) is 10.2 Å². The zero-order chi connectivity index (χ0) is 22.1. The van der Waals surface area contributed by atoms with Gasteiger partial charge in [-0.1, -0.05) is 18.2 Å². The van der Waals surface area contributed by atoms with E-state index < -0.39 is 22.2 Å². The zero-order valence-electron chi connectivity index (χ0n) is 16.9. The molecule has 2 aliphatic heterocycles. The van der Waals surface area contributed by atoms with Crippen molar-refractivity contribution < 1.29 is 27.5 Å². The summed E-state index contributed by atoms with van der Waals surface area (Å²) in [5, 5.41) is 9.60. The Labute approximate surface area is 175 Å². The van der Waals surface area contributed by atoms with Gasteiger partial charge in [0.2, 0.25) is 0 Å². The van der Waals surface area contributed by atoms with Crippen molar-refractivity contribution in [1.29, 1.82) is 0 Å². The lowest BCUT2D eigenvalue weighted by Gasteiger charge is -2.41. The molecule has 2 amide bonds. The second kappa shape index (κ2) is 8.70. The number of urea groups is 1. The molecule has 0 aliphatic carbocycles. The summed E-state index contributed by atoms with van der Waals surface area (Å²) in [6.07, 6.45) is 2.19. The number of carboxylic acid groups (broad SMARTS) is 1. The van der Waals surface area contributed by atoms with Crippen molar-refractivity contribution in [3.63, 3.8) is 0 Å². The van der Waals surface area contributed by atoms with Gasteiger partial charge in [0.15, 0.2) is 0 Å². The normalized spacial score (nSPS) is 21.2. The maximum Gasteiger partial charge on any atom is 0.323 e. The van der Waals surface area contributed by atoms with Crippen LogP contribution in [0.4, 0.5) is 9.18 Å². The molecule has 0 bridgehead atoms. The summed E-state index contributed by atoms with van der Waals surface area (Å²) in [5.74, 6) is -1.64. The molecule has 0 radical (unpaired) electrons. The first kappa shape index (κ1) is 22.2. The highest BCUT2D eigenvalue weighted by Crippen LogP contribution is 2.26. The molecule has 1 N–H and O–H groups in total. The fraction of sp³-hybridized carbons (Fsp3) is 0.474. The standard InChI is InChI=1S/C19H25FN4O5S/c1-21(2)19(27)22-11-12-24(17(13-22)18(25)26)30(28,29)23-9-7-15(8-10-23)14-3-5-16(20)6-4-14/h3-7,17H,8-13H2,1-2H3,(H,25,26)/t17-/m1/s1. The Morgan fingerprint density at radius 3 is 2.33 bits per heavy atom. The van der Waals surface area contributed by atoms with Gasteiger partial charge >= 0.3 is 12.0 Å². The highest BCUT2D eigenvalue weighted by atomic mass is 32.2. The van der Waals surface area contributed by atoms with Crippen LogP contribution >= 0.6 is 0 Å². The van der Waals surface area contributed by atoms with Crippen molar-refractivity contribution in [1.82, 2.24) is 18.4 Å². The second-order valence-electron chi connectivity index (χ2n) is 7.44. The summed E-state index contributed by atoms with van der Waals surface area (Å²) in [4.78, 5) is 26.6. The smallest absolute Gasteiger partial charge is 0.323 e. The van der Waals surface area contributed by atoms with Crippen LogP contribution in [0.15, 0.2) is 30.3 Å². The SMILES string of the molecule is CN(C)C(=O)N1CCN(S(=O)(=O)N2CC=C(c3ccc(F)cc3)CC2)[C@@H](C(=O)O)C1. The fourth-order valence-electron chi connectivity index (χ4n) is 3.63. The predicted octanol–water partition coefficient (Wildman–Crippen LogP) is 0.912. The van der Waals surface area contributed by atoms with E-state index in [-0.39, 0.29) is 44.6 Å². The fourth-order valence-corrected chi connectivity index (χ4v) is 5.31. The van der Waals surface area contributed by atoms with Crippen molar-refractivity contribution >= 4 is 27.8 Å². The average Bonchev–Trinajstić information content (AvgIpc) is 2.73. The van der Waals surface area contributed by atoms with Crippen LogP contribution in [0.25, 0.3) is 5.57 Å². The summed E-state index contributed by atoms with van der Waals surface area (Å²) in [5.41, 5.74) is 1.74. The van der Waals surface area contributed by atoms with Crippen molar-refractivity contribution in [2.75, 3.05) is 46.8 Å². The number of carbonyl (C=O) groups is 2. The van der Waals surface area contributed by atoms with Gasteiger partial charge in [0.1, 0.15) is 11.9 Å². The van der Waals surface area contributed by atoms with Crippen LogP contribution in [0.5, 0.6) is 0 Å². The summed E-state index contributed by atoms with van der Waals surface area (Å²) >= 11 is 0. The van der Waals surface area contributed by atoms with Gasteiger partial charge in [-0.15, -0.1) is 0 Å². The molecule has 2 aliphatic rings. The Morgan fingerprint density at radius 2 is 1.80 bits per heavy atom. The van der Waals surface area contributed by atoms with Gasteiger partial charge in [-0.25, -0.2) is 9.18 Å². The number of piperazine rings is 1. The monoisotopic (exact) mass is 440 g/mol. The van der Waals surface area contributed by atoms with Crippen LogP contribution in [-0.4, -0.2) is 96.8 Å². The number of benzene rings is 1. The molecule has 2 heterocycles. The van der Waals surface area contributed by atoms with E-state index in [2.05, 4.69) is 0 Å². The van der Waals surface area contributed by atoms with Crippen LogP contribution in [0.2, 0.25) is 0 Å². The minimum absolute atomic E-state index is 0.0933. The van der Waals surface area contributed by atoms with Crippen LogP contribution in [-0.2, 0) is 15.0 Å². The largest absolute Gasteiger partial charge is 0.480 e. The van der Waals surface area contributed by atoms with E-state index in [0.717, 1.165) is 15.4 Å². The molecule has 164 valence electrons. The van der Waals surface area contributed by atoms with E-state index in [1.165, 1.54) is 26.2 Å². The van der Waals surface area contributed by atoms with Crippen molar-refractivity contribution in [3.8, 4) is 0 Å². The van der Waals surface area contributed by atoms with Gasteiger partial charge < -0.3 is 14.9 Å². The topological polar surface area (TPSA) is 101 Å². The summed E-state index contributed by atoms with van der Waals surface area (Å²) in [7, 11) is -0.920. The molecule has 0 unspecified atom stereocenters. The first-order valence-corrected chi connectivity index (χ1v) is 10.9. The molecule has 1 fully saturated rings. The lowest BCUT2D eigenvalue weighted by Crippen LogP contribution is -2.62. The minimum Gasteiger partial charge on any atom is -0.480 e. The molecule has 1 aromatic carbocycles. The average molecular weight is 440 g/mol. The molecule has 0 aromatic heterocycles. The van der Waals surface area contributed by atoms with E-state index in [1.807, 2.05) is 0 Å². The first-order chi connectivity index (χ1) is 14.1. The Balaban J connectivity index is 1.75. The third kappa shape index (κ3) is 4.47. The second-order valence-corrected chi connectivity index (χ2v) is 9.32. The number of halogens is 1. The number of rotatable bonds is 4. The third-order valence-corrected chi connectivity index (χ3v) is 7.29. The molecule has 1 aromatic rings. The molecule has 0 spiro atoms. The van der Waals surface area contributed by atoms with Crippen molar-refractivity contribution in [2.45, 2.75) is 12.5 Å². The quantitative estimate of drug-likeness (QED) is 0.750. The third-order valence-electron chi connectivity index (χ3n) is 5.28. The molecule has 1 atom stereocenters. The van der Waals surface area contributed by atoms with Gasteiger partial charge in [0.05, 0.1) is 0 Å². The van der Waals surface area contributed by atoms with Gasteiger partial charge in [-0.05, 0) is 29.7 Å². The van der Waals surface area contributed by atoms with E-state index in [4.69, 9.17) is 0 Å². The van der Waals surface area contributed by atoms with Crippen molar-refractivity contribution in [3.05, 3.63) is 41.7 Å². The van der Waals surface area contributed by atoms with Gasteiger partial charge in [-0.2, -0.15) is 17.0 Å². The van der Waals surface area contributed by atoms with Gasteiger partial charge in [0, 0.05) is 46.8 Å². The Hall–Kier alpha value is -2.50. The van der Waals surface area contributed by atoms with Crippen LogP contribution in [0.1, 0.15) is 12.0 Å². The summed E-state index contributed by atoms with van der Waals surface area (Å²) in [6, 6.07) is 4.29. The lowest BCUT2D eigenvalue weighted by atomic mass is 10.0. The number of carbonyl (C=O) groups excluding carboxylic acids is 1.